The number of allylic oxidation sites excluding steroid dienone is 5. The van der Waals surface area contributed by atoms with Gasteiger partial charge in [0.2, 0.25) is 5.88 Å². The first kappa shape index (κ1) is 29.0. The van der Waals surface area contributed by atoms with E-state index in [0.29, 0.717) is 11.9 Å². The lowest BCUT2D eigenvalue weighted by Gasteiger charge is -2.32. The minimum atomic E-state index is 0.481. The lowest BCUT2D eigenvalue weighted by Crippen LogP contribution is -2.42. The number of aromatic nitrogens is 1. The number of likely N-dealkylation sites (N-methyl/N-ethyl adjacent to an activating group) is 1. The number of pyridine rings is 1. The molecule has 1 aromatic rings. The average Bonchev–Trinajstić information content (AvgIpc) is 2.88. The molecule has 1 aliphatic rings. The van der Waals surface area contributed by atoms with Crippen molar-refractivity contribution in [3.63, 3.8) is 0 Å². The predicted molar refractivity (Wildman–Crippen MR) is 148 cm³/mol. The van der Waals surface area contributed by atoms with Crippen molar-refractivity contribution in [2.75, 3.05) is 33.8 Å². The van der Waals surface area contributed by atoms with Crippen LogP contribution in [0.5, 0.6) is 5.88 Å². The van der Waals surface area contributed by atoms with Crippen molar-refractivity contribution < 1.29 is 4.74 Å². The zero-order chi connectivity index (χ0) is 25.5. The molecule has 1 aromatic heterocycles. The first-order chi connectivity index (χ1) is 16.4. The minimum absolute atomic E-state index is 0.481. The summed E-state index contributed by atoms with van der Waals surface area (Å²) in [5, 5.41) is 3.61. The second-order valence-electron chi connectivity index (χ2n) is 7.89. The van der Waals surface area contributed by atoms with Crippen LogP contribution < -0.4 is 10.1 Å². The van der Waals surface area contributed by atoms with Gasteiger partial charge in [0.05, 0.1) is 7.11 Å². The molecule has 0 aliphatic carbocycles. The Balaban J connectivity index is 0.00000281. The number of rotatable bonds is 11. The minimum Gasteiger partial charge on any atom is -0.481 e. The van der Waals surface area contributed by atoms with Crippen molar-refractivity contribution in [3.8, 4) is 5.88 Å². The van der Waals surface area contributed by atoms with E-state index in [4.69, 9.17) is 4.74 Å². The molecular formula is C29H44N4O. The Morgan fingerprint density at radius 1 is 1.26 bits per heavy atom. The summed E-state index contributed by atoms with van der Waals surface area (Å²) in [7, 11) is 3.58. The zero-order valence-corrected chi connectivity index (χ0v) is 22.1. The summed E-state index contributed by atoms with van der Waals surface area (Å²) in [6.45, 7) is 24.1. The maximum atomic E-state index is 5.23. The third-order valence-corrected chi connectivity index (χ3v) is 5.81. The van der Waals surface area contributed by atoms with Gasteiger partial charge in [0.1, 0.15) is 0 Å². The maximum absolute atomic E-state index is 5.23. The number of hydrogen-bond donors (Lipinski definition) is 1. The van der Waals surface area contributed by atoms with Gasteiger partial charge in [-0.05, 0) is 55.2 Å². The highest BCUT2D eigenvalue weighted by molar-refractivity contribution is 5.73. The third-order valence-electron chi connectivity index (χ3n) is 5.81. The summed E-state index contributed by atoms with van der Waals surface area (Å²) in [4.78, 5) is 8.63. The average molecular weight is 465 g/mol. The maximum Gasteiger partial charge on any atom is 0.213 e. The Morgan fingerprint density at radius 3 is 2.50 bits per heavy atom. The van der Waals surface area contributed by atoms with Crippen LogP contribution in [0.3, 0.4) is 0 Å². The standard InChI is InChI=1S/C27H38N4O.C2H6/c1-8-23(22(5)29-26-14-17-31(10-3)18-15-26)12-11-21(4)30(6)20-24(9-2)25-13-16-28-27(19-25)32-7;1-2/h8-9,11-13,16,19-20,26,29H,2,4-5,10,14-15,17-18H2,1,3,6-7H3;1-2H3/b12-11-,23-8+,24-20+;. The van der Waals surface area contributed by atoms with Crippen molar-refractivity contribution >= 4 is 5.57 Å². The molecule has 0 aromatic carbocycles. The van der Waals surface area contributed by atoms with E-state index in [1.165, 1.54) is 0 Å². The number of nitrogens with one attached hydrogen (secondary N) is 1. The van der Waals surface area contributed by atoms with E-state index < -0.39 is 0 Å². The van der Waals surface area contributed by atoms with Crippen molar-refractivity contribution in [3.05, 3.63) is 91.1 Å². The van der Waals surface area contributed by atoms with Crippen molar-refractivity contribution in [2.45, 2.75) is 46.6 Å². The summed E-state index contributed by atoms with van der Waals surface area (Å²) in [5.74, 6) is 0.570. The van der Waals surface area contributed by atoms with Gasteiger partial charge in [0.25, 0.3) is 0 Å². The summed E-state index contributed by atoms with van der Waals surface area (Å²) in [6.07, 6.45) is 14.0. The van der Waals surface area contributed by atoms with Gasteiger partial charge in [-0.3, -0.25) is 0 Å². The fourth-order valence-electron chi connectivity index (χ4n) is 3.64. The highest BCUT2D eigenvalue weighted by atomic mass is 16.5. The van der Waals surface area contributed by atoms with Gasteiger partial charge < -0.3 is 19.9 Å². The molecule has 5 heteroatoms. The van der Waals surface area contributed by atoms with E-state index in [-0.39, 0.29) is 0 Å². The quantitative estimate of drug-likeness (QED) is 0.396. The fraction of sp³-hybridized carbons (Fsp3) is 0.414. The Morgan fingerprint density at radius 2 is 1.94 bits per heavy atom. The molecule has 0 spiro atoms. The van der Waals surface area contributed by atoms with Gasteiger partial charge in [-0.25, -0.2) is 4.98 Å². The number of hydrogen-bond acceptors (Lipinski definition) is 5. The van der Waals surface area contributed by atoms with E-state index in [2.05, 4.69) is 54.0 Å². The van der Waals surface area contributed by atoms with Crippen LogP contribution in [0.1, 0.15) is 46.1 Å². The Labute approximate surface area is 207 Å². The molecule has 0 saturated carbocycles. The van der Waals surface area contributed by atoms with Gasteiger partial charge in [0.15, 0.2) is 0 Å². The van der Waals surface area contributed by atoms with Crippen LogP contribution in [0.15, 0.2) is 85.5 Å². The van der Waals surface area contributed by atoms with Crippen molar-refractivity contribution in [2.24, 2.45) is 0 Å². The highest BCUT2D eigenvalue weighted by Gasteiger charge is 2.18. The third kappa shape index (κ3) is 9.06. The monoisotopic (exact) mass is 464 g/mol. The molecule has 1 aliphatic heterocycles. The molecule has 34 heavy (non-hydrogen) atoms. The smallest absolute Gasteiger partial charge is 0.213 e. The molecule has 0 bridgehead atoms. The highest BCUT2D eigenvalue weighted by Crippen LogP contribution is 2.21. The van der Waals surface area contributed by atoms with Crippen LogP contribution >= 0.6 is 0 Å². The molecule has 186 valence electrons. The Bertz CT molecular complexity index is 889. The molecule has 0 amide bonds. The van der Waals surface area contributed by atoms with Crippen LogP contribution in [0.4, 0.5) is 0 Å². The van der Waals surface area contributed by atoms with Gasteiger partial charge in [-0.15, -0.1) is 0 Å². The number of likely N-dealkylation sites (tertiary alicyclic amines) is 1. The van der Waals surface area contributed by atoms with E-state index >= 15 is 0 Å². The van der Waals surface area contributed by atoms with E-state index in [1.54, 1.807) is 13.3 Å². The van der Waals surface area contributed by atoms with Crippen LogP contribution in [0.2, 0.25) is 0 Å². The molecule has 0 unspecified atom stereocenters. The van der Waals surface area contributed by atoms with E-state index in [9.17, 15) is 0 Å². The first-order valence-electron chi connectivity index (χ1n) is 12.2. The fourth-order valence-corrected chi connectivity index (χ4v) is 3.64. The topological polar surface area (TPSA) is 40.6 Å². The lowest BCUT2D eigenvalue weighted by atomic mass is 10.0. The normalized spacial score (nSPS) is 15.4. The lowest BCUT2D eigenvalue weighted by molar-refractivity contribution is 0.212. The SMILES string of the molecule is C=C/C(=C\N(C)C(=C)/C=C\C(=C/C)C(=C)NC1CCN(CC)CC1)c1ccnc(OC)c1.CC. The molecule has 5 nitrogen and oxygen atoms in total. The van der Waals surface area contributed by atoms with Crippen molar-refractivity contribution in [1.29, 1.82) is 0 Å². The van der Waals surface area contributed by atoms with Crippen LogP contribution in [-0.2, 0) is 0 Å². The molecule has 0 radical (unpaired) electrons. The van der Waals surface area contributed by atoms with Gasteiger partial charge in [0, 0.05) is 56.0 Å². The Hall–Kier alpha value is -3.05. The molecule has 0 atom stereocenters. The van der Waals surface area contributed by atoms with Gasteiger partial charge >= 0.3 is 0 Å². The first-order valence-corrected chi connectivity index (χ1v) is 12.2. The van der Waals surface area contributed by atoms with E-state index in [0.717, 1.165) is 60.6 Å². The summed E-state index contributed by atoms with van der Waals surface area (Å²) < 4.78 is 5.23. The molecular weight excluding hydrogens is 420 g/mol. The molecule has 1 fully saturated rings. The Kier molecular flexibility index (Phi) is 13.4. The van der Waals surface area contributed by atoms with Crippen LogP contribution in [0, 0.1) is 0 Å². The van der Waals surface area contributed by atoms with Gasteiger partial charge in [-0.1, -0.05) is 58.7 Å². The zero-order valence-electron chi connectivity index (χ0n) is 22.1. The predicted octanol–water partition coefficient (Wildman–Crippen LogP) is 6.18. The van der Waals surface area contributed by atoms with Crippen LogP contribution in [0.25, 0.3) is 5.57 Å². The summed E-state index contributed by atoms with van der Waals surface area (Å²) in [5.41, 5.74) is 4.83. The molecule has 2 rings (SSSR count). The second-order valence-corrected chi connectivity index (χ2v) is 7.89. The summed E-state index contributed by atoms with van der Waals surface area (Å²) >= 11 is 0. The molecule has 1 saturated heterocycles. The van der Waals surface area contributed by atoms with Gasteiger partial charge in [-0.2, -0.15) is 0 Å². The van der Waals surface area contributed by atoms with Crippen LogP contribution in [-0.4, -0.2) is 54.6 Å². The number of ether oxygens (including phenoxy) is 1. The van der Waals surface area contributed by atoms with Crippen molar-refractivity contribution in [1.82, 2.24) is 20.1 Å². The molecule has 2 heterocycles. The van der Waals surface area contributed by atoms with E-state index in [1.807, 2.05) is 63.2 Å². The number of nitrogens with zero attached hydrogens (tertiary/aromatic N) is 3. The summed E-state index contributed by atoms with van der Waals surface area (Å²) in [6, 6.07) is 4.30. The second kappa shape index (κ2) is 15.7. The largest absolute Gasteiger partial charge is 0.481 e. The number of methoxy groups -OCH3 is 1. The molecule has 1 N–H and O–H groups in total. The number of piperidine rings is 1.